The summed E-state index contributed by atoms with van der Waals surface area (Å²) >= 11 is 11.8. The second kappa shape index (κ2) is 10.6. The number of nitrogens with zero attached hydrogens (tertiary/aromatic N) is 1. The highest BCUT2D eigenvalue weighted by Crippen LogP contribution is 2.25. The molecule has 9 heteroatoms. The zero-order valence-corrected chi connectivity index (χ0v) is 18.4. The maximum absolute atomic E-state index is 12.6. The van der Waals surface area contributed by atoms with E-state index in [9.17, 15) is 14.4 Å². The molecule has 2 unspecified atom stereocenters. The molecule has 3 amide bonds. The molecule has 1 heterocycles. The van der Waals surface area contributed by atoms with Gasteiger partial charge in [0.15, 0.2) is 0 Å². The van der Waals surface area contributed by atoms with E-state index < -0.39 is 11.8 Å². The topological polar surface area (TPSA) is 87.7 Å². The molecule has 2 N–H and O–H groups in total. The number of carbonyl (C=O) groups is 3. The first-order valence-corrected chi connectivity index (χ1v) is 10.6. The van der Waals surface area contributed by atoms with Crippen LogP contribution in [0.2, 0.25) is 10.0 Å². The largest absolute Gasteiger partial charge is 0.367 e. The van der Waals surface area contributed by atoms with Crippen LogP contribution < -0.4 is 10.6 Å². The molecular formula is C22H23Cl2N3O4. The van der Waals surface area contributed by atoms with Gasteiger partial charge in [-0.3, -0.25) is 14.4 Å². The van der Waals surface area contributed by atoms with Crippen LogP contribution in [0.3, 0.4) is 0 Å². The van der Waals surface area contributed by atoms with Crippen LogP contribution in [-0.4, -0.2) is 54.9 Å². The SMILES string of the molecule is CC1CN(C(=O)CNC(=O)CNC(=O)c2ccc(Cl)cc2Cl)CC(c2ccccc2)O1. The molecule has 2 aromatic carbocycles. The standard InChI is InChI=1S/C22H23Cl2N3O4/c1-14-12-27(13-19(31-14)15-5-3-2-4-6-15)21(29)11-25-20(28)10-26-22(30)17-8-7-16(23)9-18(17)24/h2-9,14,19H,10-13H2,1H3,(H,25,28)(H,26,30). The normalized spacial score (nSPS) is 18.4. The molecule has 31 heavy (non-hydrogen) atoms. The molecule has 3 rings (SSSR count). The summed E-state index contributed by atoms with van der Waals surface area (Å²) in [6, 6.07) is 14.2. The van der Waals surface area contributed by atoms with Gasteiger partial charge in [0.1, 0.15) is 6.10 Å². The van der Waals surface area contributed by atoms with E-state index >= 15 is 0 Å². The first-order chi connectivity index (χ1) is 14.8. The number of morpholine rings is 1. The van der Waals surface area contributed by atoms with Crippen LogP contribution >= 0.6 is 23.2 Å². The summed E-state index contributed by atoms with van der Waals surface area (Å²) in [6.07, 6.45) is -0.338. The van der Waals surface area contributed by atoms with Gasteiger partial charge in [0.2, 0.25) is 11.8 Å². The minimum atomic E-state index is -0.504. The number of rotatable bonds is 6. The van der Waals surface area contributed by atoms with Crippen molar-refractivity contribution in [3.05, 3.63) is 69.7 Å². The van der Waals surface area contributed by atoms with Gasteiger partial charge < -0.3 is 20.3 Å². The van der Waals surface area contributed by atoms with E-state index in [1.807, 2.05) is 37.3 Å². The Hall–Kier alpha value is -2.61. The third-order valence-corrected chi connectivity index (χ3v) is 5.35. The van der Waals surface area contributed by atoms with Gasteiger partial charge in [-0.25, -0.2) is 0 Å². The first-order valence-electron chi connectivity index (χ1n) is 9.81. The van der Waals surface area contributed by atoms with E-state index in [-0.39, 0.29) is 41.8 Å². The molecule has 1 aliphatic rings. The van der Waals surface area contributed by atoms with Crippen LogP contribution in [0.4, 0.5) is 0 Å². The Balaban J connectivity index is 1.47. The van der Waals surface area contributed by atoms with Gasteiger partial charge in [-0.1, -0.05) is 53.5 Å². The van der Waals surface area contributed by atoms with Gasteiger partial charge in [0.25, 0.3) is 5.91 Å². The summed E-state index contributed by atoms with van der Waals surface area (Å²) in [4.78, 5) is 38.5. The Labute approximate surface area is 190 Å². The van der Waals surface area contributed by atoms with Crippen molar-refractivity contribution in [2.45, 2.75) is 19.1 Å². The van der Waals surface area contributed by atoms with E-state index in [0.717, 1.165) is 5.56 Å². The number of hydrogen-bond acceptors (Lipinski definition) is 4. The van der Waals surface area contributed by atoms with Crippen LogP contribution in [-0.2, 0) is 14.3 Å². The summed E-state index contributed by atoms with van der Waals surface area (Å²) in [7, 11) is 0. The predicted molar refractivity (Wildman–Crippen MR) is 118 cm³/mol. The monoisotopic (exact) mass is 463 g/mol. The highest BCUT2D eigenvalue weighted by atomic mass is 35.5. The van der Waals surface area contributed by atoms with Crippen molar-refractivity contribution in [1.82, 2.24) is 15.5 Å². The van der Waals surface area contributed by atoms with E-state index in [2.05, 4.69) is 10.6 Å². The van der Waals surface area contributed by atoms with Crippen molar-refractivity contribution in [2.24, 2.45) is 0 Å². The summed E-state index contributed by atoms with van der Waals surface area (Å²) in [5.41, 5.74) is 1.21. The second-order valence-corrected chi connectivity index (χ2v) is 8.07. The summed E-state index contributed by atoms with van der Waals surface area (Å²) in [5.74, 6) is -1.19. The highest BCUT2D eigenvalue weighted by molar-refractivity contribution is 6.36. The third-order valence-electron chi connectivity index (χ3n) is 4.81. The lowest BCUT2D eigenvalue weighted by molar-refractivity contribution is -0.144. The fourth-order valence-electron chi connectivity index (χ4n) is 3.28. The summed E-state index contributed by atoms with van der Waals surface area (Å²) in [5, 5.41) is 5.61. The van der Waals surface area contributed by atoms with Crippen molar-refractivity contribution in [1.29, 1.82) is 0 Å². The molecule has 164 valence electrons. The van der Waals surface area contributed by atoms with Crippen LogP contribution in [0, 0.1) is 0 Å². The third kappa shape index (κ3) is 6.43. The van der Waals surface area contributed by atoms with Crippen LogP contribution in [0.25, 0.3) is 0 Å². The molecule has 7 nitrogen and oxygen atoms in total. The average Bonchev–Trinajstić information content (AvgIpc) is 2.76. The Bertz CT molecular complexity index is 955. The molecule has 0 spiro atoms. The summed E-state index contributed by atoms with van der Waals surface area (Å²) in [6.45, 7) is 2.33. The first kappa shape index (κ1) is 23.1. The van der Waals surface area contributed by atoms with Gasteiger partial charge in [-0.05, 0) is 30.7 Å². The second-order valence-electron chi connectivity index (χ2n) is 7.23. The smallest absolute Gasteiger partial charge is 0.253 e. The molecule has 2 atom stereocenters. The molecule has 0 aromatic heterocycles. The van der Waals surface area contributed by atoms with E-state index in [1.165, 1.54) is 18.2 Å². The maximum Gasteiger partial charge on any atom is 0.253 e. The Morgan fingerprint density at radius 2 is 1.77 bits per heavy atom. The van der Waals surface area contributed by atoms with Crippen molar-refractivity contribution in [2.75, 3.05) is 26.2 Å². The highest BCUT2D eigenvalue weighted by Gasteiger charge is 2.29. The minimum Gasteiger partial charge on any atom is -0.367 e. The lowest BCUT2D eigenvalue weighted by atomic mass is 10.1. The predicted octanol–water partition coefficient (Wildman–Crippen LogP) is 2.83. The van der Waals surface area contributed by atoms with Gasteiger partial charge in [0.05, 0.1) is 36.3 Å². The average molecular weight is 464 g/mol. The molecule has 0 bridgehead atoms. The number of halogens is 2. The van der Waals surface area contributed by atoms with Gasteiger partial charge in [-0.15, -0.1) is 0 Å². The quantitative estimate of drug-likeness (QED) is 0.689. The molecular weight excluding hydrogens is 441 g/mol. The number of nitrogens with one attached hydrogen (secondary N) is 2. The number of amides is 3. The van der Waals surface area contributed by atoms with Crippen molar-refractivity contribution in [3.8, 4) is 0 Å². The molecule has 0 radical (unpaired) electrons. The number of hydrogen-bond donors (Lipinski definition) is 2. The Kier molecular flexibility index (Phi) is 7.90. The van der Waals surface area contributed by atoms with Crippen molar-refractivity contribution in [3.63, 3.8) is 0 Å². The molecule has 1 aliphatic heterocycles. The van der Waals surface area contributed by atoms with Crippen LogP contribution in [0.15, 0.2) is 48.5 Å². The zero-order chi connectivity index (χ0) is 22.4. The zero-order valence-electron chi connectivity index (χ0n) is 16.9. The Morgan fingerprint density at radius 3 is 2.48 bits per heavy atom. The lowest BCUT2D eigenvalue weighted by Gasteiger charge is -2.37. The van der Waals surface area contributed by atoms with Crippen molar-refractivity contribution >= 4 is 40.9 Å². The minimum absolute atomic E-state index is 0.123. The fourth-order valence-corrected chi connectivity index (χ4v) is 3.78. The molecule has 0 saturated carbocycles. The Morgan fingerprint density at radius 1 is 1.03 bits per heavy atom. The van der Waals surface area contributed by atoms with Gasteiger partial charge in [-0.2, -0.15) is 0 Å². The number of benzene rings is 2. The van der Waals surface area contributed by atoms with Crippen LogP contribution in [0.5, 0.6) is 0 Å². The van der Waals surface area contributed by atoms with E-state index in [1.54, 1.807) is 4.90 Å². The molecule has 1 fully saturated rings. The molecule has 2 aromatic rings. The van der Waals surface area contributed by atoms with Crippen LogP contribution in [0.1, 0.15) is 28.9 Å². The van der Waals surface area contributed by atoms with Crippen molar-refractivity contribution < 1.29 is 19.1 Å². The molecule has 0 aliphatic carbocycles. The fraction of sp³-hybridized carbons (Fsp3) is 0.318. The lowest BCUT2D eigenvalue weighted by Crippen LogP contribution is -2.50. The van der Waals surface area contributed by atoms with E-state index in [0.29, 0.717) is 18.1 Å². The maximum atomic E-state index is 12.6. The number of ether oxygens (including phenoxy) is 1. The van der Waals surface area contributed by atoms with E-state index in [4.69, 9.17) is 27.9 Å². The molecule has 1 saturated heterocycles. The number of carbonyl (C=O) groups excluding carboxylic acids is 3. The van der Waals surface area contributed by atoms with Gasteiger partial charge >= 0.3 is 0 Å². The summed E-state index contributed by atoms with van der Waals surface area (Å²) < 4.78 is 5.95. The van der Waals surface area contributed by atoms with Gasteiger partial charge in [0, 0.05) is 11.6 Å².